The maximum atomic E-state index is 12.6. The van der Waals surface area contributed by atoms with Crippen LogP contribution in [0.15, 0.2) is 24.3 Å². The van der Waals surface area contributed by atoms with Gasteiger partial charge in [-0.25, -0.2) is 0 Å². The third-order valence-corrected chi connectivity index (χ3v) is 5.33. The minimum absolute atomic E-state index is 0.268. The third kappa shape index (κ3) is 4.44. The zero-order valence-electron chi connectivity index (χ0n) is 15.5. The number of anilines is 1. The summed E-state index contributed by atoms with van der Waals surface area (Å²) in [5, 5.41) is 0. The van der Waals surface area contributed by atoms with Gasteiger partial charge in [0.2, 0.25) is 5.91 Å². The van der Waals surface area contributed by atoms with E-state index < -0.39 is 0 Å². The topological polar surface area (TPSA) is 39.3 Å². The molecule has 2 aliphatic rings. The number of likely N-dealkylation sites (N-methyl/N-ethyl adjacent to an activating group) is 1. The van der Waals surface area contributed by atoms with Crippen molar-refractivity contribution < 1.29 is 9.53 Å². The van der Waals surface area contributed by atoms with Crippen LogP contribution in [-0.2, 0) is 4.79 Å². The molecule has 0 atom stereocenters. The average molecular weight is 346 g/mol. The number of hydrogen-bond donors (Lipinski definition) is 0. The van der Waals surface area contributed by atoms with Crippen LogP contribution in [0.3, 0.4) is 0 Å². The third-order valence-electron chi connectivity index (χ3n) is 5.33. The van der Waals surface area contributed by atoms with Crippen LogP contribution in [0.5, 0.6) is 5.75 Å². The molecule has 1 aromatic rings. The Bertz CT molecular complexity index is 564. The van der Waals surface area contributed by atoms with Gasteiger partial charge in [0.25, 0.3) is 0 Å². The van der Waals surface area contributed by atoms with Gasteiger partial charge in [0.15, 0.2) is 0 Å². The smallest absolute Gasteiger partial charge is 0.236 e. The number of piperazine rings is 2. The lowest BCUT2D eigenvalue weighted by atomic mass is 10.2. The van der Waals surface area contributed by atoms with Crippen LogP contribution in [-0.4, -0.2) is 93.2 Å². The van der Waals surface area contributed by atoms with Gasteiger partial charge in [-0.2, -0.15) is 0 Å². The van der Waals surface area contributed by atoms with E-state index in [0.717, 1.165) is 70.3 Å². The van der Waals surface area contributed by atoms with Crippen LogP contribution in [0.4, 0.5) is 5.69 Å². The Morgan fingerprint density at radius 3 is 2.24 bits per heavy atom. The number of carbonyl (C=O) groups excluding carboxylic acids is 1. The van der Waals surface area contributed by atoms with E-state index in [9.17, 15) is 4.79 Å². The summed E-state index contributed by atoms with van der Waals surface area (Å²) >= 11 is 0. The minimum Gasteiger partial charge on any atom is -0.495 e. The summed E-state index contributed by atoms with van der Waals surface area (Å²) in [4.78, 5) is 21.7. The first-order valence-corrected chi connectivity index (χ1v) is 9.31. The van der Waals surface area contributed by atoms with Gasteiger partial charge in [-0.15, -0.1) is 0 Å². The zero-order chi connectivity index (χ0) is 17.6. The van der Waals surface area contributed by atoms with E-state index in [0.29, 0.717) is 6.54 Å². The van der Waals surface area contributed by atoms with Gasteiger partial charge >= 0.3 is 0 Å². The molecule has 2 aliphatic heterocycles. The molecule has 0 aliphatic carbocycles. The molecule has 0 unspecified atom stereocenters. The van der Waals surface area contributed by atoms with Crippen molar-refractivity contribution in [2.24, 2.45) is 0 Å². The summed E-state index contributed by atoms with van der Waals surface area (Å²) in [6, 6.07) is 8.10. The van der Waals surface area contributed by atoms with Crippen LogP contribution in [0, 0.1) is 0 Å². The fourth-order valence-electron chi connectivity index (χ4n) is 3.64. The fraction of sp³-hybridized carbons (Fsp3) is 0.632. The van der Waals surface area contributed by atoms with Gasteiger partial charge in [-0.1, -0.05) is 19.1 Å². The molecular formula is C19H30N4O2. The van der Waals surface area contributed by atoms with Crippen LogP contribution in [0.2, 0.25) is 0 Å². The van der Waals surface area contributed by atoms with E-state index in [4.69, 9.17) is 4.74 Å². The molecule has 2 saturated heterocycles. The standard InChI is InChI=1S/C19H30N4O2/c1-3-20-8-10-21(11-9-20)16-19(24)23-14-12-22(13-15-23)17-6-4-5-7-18(17)25-2/h4-7H,3,8-16H2,1-2H3. The highest BCUT2D eigenvalue weighted by Crippen LogP contribution is 2.28. The van der Waals surface area contributed by atoms with Crippen LogP contribution in [0.1, 0.15) is 6.92 Å². The second-order valence-corrected chi connectivity index (χ2v) is 6.75. The van der Waals surface area contributed by atoms with E-state index in [1.54, 1.807) is 7.11 Å². The van der Waals surface area contributed by atoms with Crippen molar-refractivity contribution in [3.8, 4) is 5.75 Å². The van der Waals surface area contributed by atoms with E-state index >= 15 is 0 Å². The van der Waals surface area contributed by atoms with Crippen LogP contribution < -0.4 is 9.64 Å². The summed E-state index contributed by atoms with van der Waals surface area (Å²) in [5.74, 6) is 1.17. The number of hydrogen-bond acceptors (Lipinski definition) is 5. The number of benzene rings is 1. The number of ether oxygens (including phenoxy) is 1. The molecule has 6 nitrogen and oxygen atoms in total. The lowest BCUT2D eigenvalue weighted by Gasteiger charge is -2.38. The van der Waals surface area contributed by atoms with E-state index in [1.165, 1.54) is 0 Å². The van der Waals surface area contributed by atoms with E-state index in [1.807, 2.05) is 23.1 Å². The average Bonchev–Trinajstić information content (AvgIpc) is 2.68. The summed E-state index contributed by atoms with van der Waals surface area (Å²) < 4.78 is 5.46. The molecule has 0 bridgehead atoms. The Balaban J connectivity index is 1.48. The second kappa shape index (κ2) is 8.54. The molecule has 1 aromatic carbocycles. The van der Waals surface area contributed by atoms with Crippen LogP contribution in [0.25, 0.3) is 0 Å². The van der Waals surface area contributed by atoms with Crippen molar-refractivity contribution in [1.82, 2.24) is 14.7 Å². The number of methoxy groups -OCH3 is 1. The first-order chi connectivity index (χ1) is 12.2. The van der Waals surface area contributed by atoms with Gasteiger partial charge in [-0.3, -0.25) is 9.69 Å². The first-order valence-electron chi connectivity index (χ1n) is 9.31. The maximum absolute atomic E-state index is 12.6. The predicted molar refractivity (Wildman–Crippen MR) is 100 cm³/mol. The highest BCUT2D eigenvalue weighted by molar-refractivity contribution is 5.78. The SMILES string of the molecule is CCN1CCN(CC(=O)N2CCN(c3ccccc3OC)CC2)CC1. The van der Waals surface area contributed by atoms with Crippen molar-refractivity contribution in [3.63, 3.8) is 0 Å². The molecule has 0 saturated carbocycles. The highest BCUT2D eigenvalue weighted by atomic mass is 16.5. The molecule has 0 N–H and O–H groups in total. The second-order valence-electron chi connectivity index (χ2n) is 6.75. The molecule has 138 valence electrons. The molecular weight excluding hydrogens is 316 g/mol. The summed E-state index contributed by atoms with van der Waals surface area (Å²) in [6.45, 7) is 11.3. The number of rotatable bonds is 5. The molecule has 0 radical (unpaired) electrons. The largest absolute Gasteiger partial charge is 0.495 e. The van der Waals surface area contributed by atoms with Crippen molar-refractivity contribution >= 4 is 11.6 Å². The monoisotopic (exact) mass is 346 g/mol. The van der Waals surface area contributed by atoms with Crippen molar-refractivity contribution in [2.45, 2.75) is 6.92 Å². The maximum Gasteiger partial charge on any atom is 0.236 e. The lowest BCUT2D eigenvalue weighted by molar-refractivity contribution is -0.133. The van der Waals surface area contributed by atoms with Crippen molar-refractivity contribution in [3.05, 3.63) is 24.3 Å². The Morgan fingerprint density at radius 2 is 1.60 bits per heavy atom. The summed E-state index contributed by atoms with van der Waals surface area (Å²) in [5.41, 5.74) is 1.12. The molecule has 2 heterocycles. The Hall–Kier alpha value is -1.79. The molecule has 3 rings (SSSR count). The van der Waals surface area contributed by atoms with Crippen molar-refractivity contribution in [1.29, 1.82) is 0 Å². The van der Waals surface area contributed by atoms with Gasteiger partial charge in [0.05, 0.1) is 19.3 Å². The molecule has 1 amide bonds. The Labute approximate surface area is 150 Å². The highest BCUT2D eigenvalue weighted by Gasteiger charge is 2.25. The molecule has 0 spiro atoms. The number of amides is 1. The molecule has 6 heteroatoms. The minimum atomic E-state index is 0.268. The van der Waals surface area contributed by atoms with Gasteiger partial charge in [0.1, 0.15) is 5.75 Å². The van der Waals surface area contributed by atoms with Gasteiger partial charge in [-0.05, 0) is 18.7 Å². The lowest BCUT2D eigenvalue weighted by Crippen LogP contribution is -2.53. The molecule has 25 heavy (non-hydrogen) atoms. The van der Waals surface area contributed by atoms with Gasteiger partial charge in [0, 0.05) is 52.4 Å². The zero-order valence-corrected chi connectivity index (χ0v) is 15.5. The predicted octanol–water partition coefficient (Wildman–Crippen LogP) is 0.981. The molecule has 0 aromatic heterocycles. The normalized spacial score (nSPS) is 19.9. The number of para-hydroxylation sites is 2. The fourth-order valence-corrected chi connectivity index (χ4v) is 3.64. The quantitative estimate of drug-likeness (QED) is 0.795. The number of nitrogens with zero attached hydrogens (tertiary/aromatic N) is 4. The van der Waals surface area contributed by atoms with Crippen molar-refractivity contribution in [2.75, 3.05) is 77.5 Å². The van der Waals surface area contributed by atoms with E-state index in [2.05, 4.69) is 27.7 Å². The van der Waals surface area contributed by atoms with Crippen LogP contribution >= 0.6 is 0 Å². The Kier molecular flexibility index (Phi) is 6.15. The van der Waals surface area contributed by atoms with Gasteiger partial charge < -0.3 is 19.4 Å². The number of carbonyl (C=O) groups is 1. The first kappa shape index (κ1) is 18.0. The molecule has 2 fully saturated rings. The summed E-state index contributed by atoms with van der Waals surface area (Å²) in [6.07, 6.45) is 0. The van der Waals surface area contributed by atoms with E-state index in [-0.39, 0.29) is 5.91 Å². The Morgan fingerprint density at radius 1 is 0.960 bits per heavy atom. The summed E-state index contributed by atoms with van der Waals surface area (Å²) in [7, 11) is 1.71.